The number of hydrogen-bond acceptors (Lipinski definition) is 3. The topological polar surface area (TPSA) is 38.3 Å². The summed E-state index contributed by atoms with van der Waals surface area (Å²) in [5.74, 6) is -2.50. The highest BCUT2D eigenvalue weighted by atomic mass is 19.2. The van der Waals surface area contributed by atoms with E-state index in [4.69, 9.17) is 4.74 Å². The molecule has 3 nitrogen and oxygen atoms in total. The zero-order chi connectivity index (χ0) is 15.2. The van der Waals surface area contributed by atoms with E-state index in [-0.39, 0.29) is 18.2 Å². The van der Waals surface area contributed by atoms with E-state index in [0.717, 1.165) is 31.7 Å². The van der Waals surface area contributed by atoms with Crippen molar-refractivity contribution in [3.05, 3.63) is 35.4 Å². The van der Waals surface area contributed by atoms with Crippen LogP contribution < -0.4 is 5.32 Å². The molecule has 0 spiro atoms. The maximum Gasteiger partial charge on any atom is 0.327 e. The second-order valence-electron chi connectivity index (χ2n) is 5.33. The number of esters is 1. The van der Waals surface area contributed by atoms with Gasteiger partial charge in [-0.2, -0.15) is 0 Å². The van der Waals surface area contributed by atoms with E-state index in [1.54, 1.807) is 6.92 Å². The van der Waals surface area contributed by atoms with Crippen LogP contribution in [-0.2, 0) is 9.53 Å². The lowest BCUT2D eigenvalue weighted by molar-refractivity contribution is -0.146. The predicted molar refractivity (Wildman–Crippen MR) is 75.7 cm³/mol. The van der Waals surface area contributed by atoms with E-state index >= 15 is 0 Å². The Morgan fingerprint density at radius 2 is 2.05 bits per heavy atom. The van der Waals surface area contributed by atoms with Crippen LogP contribution in [0.15, 0.2) is 18.2 Å². The van der Waals surface area contributed by atoms with E-state index in [1.807, 2.05) is 0 Å². The summed E-state index contributed by atoms with van der Waals surface area (Å²) in [6.45, 7) is 1.90. The van der Waals surface area contributed by atoms with Crippen LogP contribution in [0.2, 0.25) is 0 Å². The van der Waals surface area contributed by atoms with Crippen LogP contribution in [0.5, 0.6) is 0 Å². The van der Waals surface area contributed by atoms with Gasteiger partial charge in [-0.15, -0.1) is 0 Å². The molecular formula is C16H21F2NO2. The number of rotatable bonds is 5. The second-order valence-corrected chi connectivity index (χ2v) is 5.33. The number of carbonyl (C=O) groups is 1. The minimum absolute atomic E-state index is 0.0130. The van der Waals surface area contributed by atoms with Gasteiger partial charge in [0.2, 0.25) is 0 Å². The molecule has 0 saturated heterocycles. The summed E-state index contributed by atoms with van der Waals surface area (Å²) >= 11 is 0. The van der Waals surface area contributed by atoms with Gasteiger partial charge < -0.3 is 4.74 Å². The third-order valence-corrected chi connectivity index (χ3v) is 3.82. The summed E-state index contributed by atoms with van der Waals surface area (Å²) in [5, 5.41) is 3.14. The summed E-state index contributed by atoms with van der Waals surface area (Å²) in [4.78, 5) is 12.1. The Hall–Kier alpha value is -1.49. The lowest BCUT2D eigenvalue weighted by Crippen LogP contribution is -2.39. The van der Waals surface area contributed by atoms with Crippen molar-refractivity contribution in [3.63, 3.8) is 0 Å². The number of benzene rings is 1. The fourth-order valence-electron chi connectivity index (χ4n) is 2.76. The Kier molecular flexibility index (Phi) is 5.67. The first kappa shape index (κ1) is 15.9. The molecule has 1 N–H and O–H groups in total. The zero-order valence-corrected chi connectivity index (χ0v) is 12.2. The molecule has 0 radical (unpaired) electrons. The fourth-order valence-corrected chi connectivity index (χ4v) is 2.76. The summed E-state index contributed by atoms with van der Waals surface area (Å²) in [6, 6.07) is 3.06. The van der Waals surface area contributed by atoms with Crippen molar-refractivity contribution in [3.8, 4) is 0 Å². The minimum atomic E-state index is -0.987. The number of ether oxygens (including phenoxy) is 1. The largest absolute Gasteiger partial charge is 0.465 e. The monoisotopic (exact) mass is 297 g/mol. The molecule has 1 aromatic carbocycles. The van der Waals surface area contributed by atoms with Gasteiger partial charge in [0.05, 0.1) is 6.61 Å². The summed E-state index contributed by atoms with van der Waals surface area (Å²) in [5.41, 5.74) is 0.0130. The molecule has 5 heteroatoms. The molecule has 116 valence electrons. The van der Waals surface area contributed by atoms with Gasteiger partial charge in [-0.05, 0) is 25.8 Å². The molecule has 0 amide bonds. The Bertz CT molecular complexity index is 487. The van der Waals surface area contributed by atoms with E-state index in [0.29, 0.717) is 0 Å². The van der Waals surface area contributed by atoms with E-state index in [1.165, 1.54) is 18.6 Å². The summed E-state index contributed by atoms with van der Waals surface area (Å²) in [6.07, 6.45) is 5.22. The molecule has 0 aliphatic heterocycles. The standard InChI is InChI=1S/C16H21F2NO2/c1-2-21-16(20)15(19-11-7-4-3-5-8-11)12-9-6-10-13(17)14(12)18/h6,9-11,15,19H,2-5,7-8H2,1H3. The molecule has 2 rings (SSSR count). The molecule has 0 heterocycles. The lowest BCUT2D eigenvalue weighted by Gasteiger charge is -2.27. The Labute approximate surface area is 123 Å². The van der Waals surface area contributed by atoms with Crippen LogP contribution in [-0.4, -0.2) is 18.6 Å². The highest BCUT2D eigenvalue weighted by Gasteiger charge is 2.29. The number of halogens is 2. The molecule has 1 fully saturated rings. The Balaban J connectivity index is 2.22. The van der Waals surface area contributed by atoms with Gasteiger partial charge in [0.15, 0.2) is 11.6 Å². The minimum Gasteiger partial charge on any atom is -0.465 e. The Morgan fingerprint density at radius 3 is 2.71 bits per heavy atom. The van der Waals surface area contributed by atoms with Crippen molar-refractivity contribution in [1.29, 1.82) is 0 Å². The van der Waals surface area contributed by atoms with Gasteiger partial charge in [0.25, 0.3) is 0 Å². The molecule has 0 aromatic heterocycles. The van der Waals surface area contributed by atoms with Crippen LogP contribution in [0.3, 0.4) is 0 Å². The predicted octanol–water partition coefficient (Wildman–Crippen LogP) is 3.49. The van der Waals surface area contributed by atoms with Crippen molar-refractivity contribution in [2.24, 2.45) is 0 Å². The summed E-state index contributed by atoms with van der Waals surface area (Å²) in [7, 11) is 0. The molecule has 1 aromatic rings. The van der Waals surface area contributed by atoms with Crippen molar-refractivity contribution in [2.45, 2.75) is 51.1 Å². The quantitative estimate of drug-likeness (QED) is 0.845. The van der Waals surface area contributed by atoms with E-state index in [9.17, 15) is 13.6 Å². The van der Waals surface area contributed by atoms with Gasteiger partial charge in [0.1, 0.15) is 6.04 Å². The average molecular weight is 297 g/mol. The van der Waals surface area contributed by atoms with Gasteiger partial charge in [-0.3, -0.25) is 5.32 Å². The zero-order valence-electron chi connectivity index (χ0n) is 12.2. The maximum atomic E-state index is 14.0. The molecule has 1 saturated carbocycles. The smallest absolute Gasteiger partial charge is 0.327 e. The molecule has 1 unspecified atom stereocenters. The third-order valence-electron chi connectivity index (χ3n) is 3.82. The van der Waals surface area contributed by atoms with Gasteiger partial charge >= 0.3 is 5.97 Å². The molecule has 0 bridgehead atoms. The van der Waals surface area contributed by atoms with Gasteiger partial charge in [-0.25, -0.2) is 13.6 Å². The number of nitrogens with one attached hydrogen (secondary N) is 1. The van der Waals surface area contributed by atoms with Crippen LogP contribution in [0.4, 0.5) is 8.78 Å². The van der Waals surface area contributed by atoms with E-state index in [2.05, 4.69) is 5.32 Å². The number of hydrogen-bond donors (Lipinski definition) is 1. The highest BCUT2D eigenvalue weighted by molar-refractivity contribution is 5.77. The number of carbonyl (C=O) groups excluding carboxylic acids is 1. The highest BCUT2D eigenvalue weighted by Crippen LogP contribution is 2.25. The average Bonchev–Trinajstić information content (AvgIpc) is 2.49. The normalized spacial score (nSPS) is 17.5. The molecule has 1 aliphatic rings. The Morgan fingerprint density at radius 1 is 1.33 bits per heavy atom. The third kappa shape index (κ3) is 4.00. The van der Waals surface area contributed by atoms with Gasteiger partial charge in [-0.1, -0.05) is 31.4 Å². The summed E-state index contributed by atoms with van der Waals surface area (Å²) < 4.78 is 32.4. The first-order valence-electron chi connectivity index (χ1n) is 7.50. The van der Waals surface area contributed by atoms with Crippen LogP contribution >= 0.6 is 0 Å². The van der Waals surface area contributed by atoms with Crippen molar-refractivity contribution in [1.82, 2.24) is 5.32 Å². The van der Waals surface area contributed by atoms with Crippen LogP contribution in [0.25, 0.3) is 0 Å². The van der Waals surface area contributed by atoms with Crippen molar-refractivity contribution in [2.75, 3.05) is 6.61 Å². The molecule has 1 aliphatic carbocycles. The fraction of sp³-hybridized carbons (Fsp3) is 0.562. The SMILES string of the molecule is CCOC(=O)C(NC1CCCCC1)c1cccc(F)c1F. The first-order valence-corrected chi connectivity index (χ1v) is 7.50. The lowest BCUT2D eigenvalue weighted by atomic mass is 9.94. The van der Waals surface area contributed by atoms with Crippen LogP contribution in [0, 0.1) is 11.6 Å². The molecular weight excluding hydrogens is 276 g/mol. The van der Waals surface area contributed by atoms with Crippen molar-refractivity contribution >= 4 is 5.97 Å². The molecule has 21 heavy (non-hydrogen) atoms. The van der Waals surface area contributed by atoms with Crippen LogP contribution in [0.1, 0.15) is 50.6 Å². The van der Waals surface area contributed by atoms with Crippen molar-refractivity contribution < 1.29 is 18.3 Å². The second kappa shape index (κ2) is 7.50. The maximum absolute atomic E-state index is 14.0. The molecule has 1 atom stereocenters. The van der Waals surface area contributed by atoms with E-state index < -0.39 is 23.6 Å². The van der Waals surface area contributed by atoms with Gasteiger partial charge in [0, 0.05) is 11.6 Å². The first-order chi connectivity index (χ1) is 10.1.